The molecule has 630 valence electrons. The third-order valence-electron chi connectivity index (χ3n) is 16.5. The van der Waals surface area contributed by atoms with Crippen molar-refractivity contribution in [2.75, 3.05) is 27.7 Å². The van der Waals surface area contributed by atoms with Crippen molar-refractivity contribution in [1.29, 1.82) is 5.53 Å². The standard InChI is InChI=1S/C18H23FN6O.C18H17N7O2.C16H29FN2O4.C16H30N2O5.C6H13FN2.CH3F3S/c1-10-4-2-5-11(8-10)23-17-12(16(21)26)9-22-18(25-17)24-14-7-3-6-13(19)15(14)20;1-11-5-4-6-12(9-11)22-17-13(16(19)26)10-21-18(23-17)27-25-15-8-3-2-7-14(15)24-20;1-15(2,3)22-13(20)18-11-9-7-8-10(17)12(11)19-14(21)23-16(4,5)6;1-15(2,3)22-13(20)17-10-8-7-9-11(19)12(10)18-14(21)23-16(4,5)6;7-4-2-1-3-5(8)6(4)9;1-5(2,3)4/h2,4-5,8-9,13-15H,3,6-7,20H2,1H3,(H2,21,26)(H2,22,23,24,25);2-10,20,25H,1H3,(H2,19,26)(H,21,22,23);10-12H,7-9H2,1-6H3,(H,18,20)(H,19,21);10-12,19H,7-9H2,1-6H3,(H,17,20)(H,18,21);4-6H,1-3,8-9H2;1H3/t13-,14-,15+;;10-,11-,12+;10-,11+,12-;4-,5-,6+;/m1.111./s1. The number of primary amides is 2. The predicted octanol–water partition coefficient (Wildman–Crippen LogP) is 13.8. The van der Waals surface area contributed by atoms with Gasteiger partial charge >= 0.3 is 30.4 Å². The van der Waals surface area contributed by atoms with E-state index in [1.165, 1.54) is 12.4 Å². The van der Waals surface area contributed by atoms with Gasteiger partial charge in [-0.3, -0.25) is 9.59 Å². The number of carbonyl (C=O) groups excluding carboxylic acids is 6. The number of nitrogens with one attached hydrogen (secondary N) is 9. The first kappa shape index (κ1) is 95.6. The van der Waals surface area contributed by atoms with Gasteiger partial charge < -0.3 is 94.8 Å². The zero-order valence-electron chi connectivity index (χ0n) is 66.7. The Morgan fingerprint density at radius 1 is 0.531 bits per heavy atom. The quantitative estimate of drug-likeness (QED) is 0.0189. The number of aromatic nitrogens is 4. The van der Waals surface area contributed by atoms with Crippen molar-refractivity contribution in [1.82, 2.24) is 41.2 Å². The number of carbonyl (C=O) groups is 6. The highest BCUT2D eigenvalue weighted by molar-refractivity contribution is 8.20. The van der Waals surface area contributed by atoms with Gasteiger partial charge in [0.1, 0.15) is 63.6 Å². The fourth-order valence-corrected chi connectivity index (χ4v) is 11.4. The molecule has 2 aromatic heterocycles. The van der Waals surface area contributed by atoms with Crippen molar-refractivity contribution in [3.63, 3.8) is 0 Å². The molecule has 20 N–H and O–H groups in total. The number of rotatable bonds is 16. The molecule has 5 aromatic rings. The van der Waals surface area contributed by atoms with Gasteiger partial charge in [0, 0.05) is 42.1 Å². The van der Waals surface area contributed by atoms with Gasteiger partial charge in [-0.05, 0) is 222 Å². The number of nitrogens with zero attached hydrogens (tertiary/aromatic N) is 5. The number of anilines is 6. The first-order valence-corrected chi connectivity index (χ1v) is 38.6. The van der Waals surface area contributed by atoms with Crippen LogP contribution in [0.3, 0.4) is 0 Å². The number of para-hydroxylation sites is 2. The van der Waals surface area contributed by atoms with Crippen LogP contribution < -0.4 is 76.2 Å². The summed E-state index contributed by atoms with van der Waals surface area (Å²) < 4.78 is 92.8. The van der Waals surface area contributed by atoms with Crippen molar-refractivity contribution in [2.24, 2.45) is 33.8 Å². The van der Waals surface area contributed by atoms with Crippen molar-refractivity contribution in [2.45, 2.75) is 269 Å². The Morgan fingerprint density at radius 2 is 0.938 bits per heavy atom. The average Bonchev–Trinajstić information content (AvgIpc) is 0.820. The molecule has 6 amide bonds. The number of aryl methyl sites for hydroxylation is 2. The fraction of sp³-hybridized carbons (Fsp3) is 0.573. The molecule has 12 atom stereocenters. The number of aliphatic hydroxyl groups excluding tert-OH is 1. The number of alkyl carbamates (subject to hydrolysis) is 4. The number of alkyl halides is 3. The summed E-state index contributed by atoms with van der Waals surface area (Å²) in [6, 6.07) is 18.3. The molecule has 113 heavy (non-hydrogen) atoms. The van der Waals surface area contributed by atoms with Crippen LogP contribution in [0.25, 0.3) is 0 Å². The monoisotopic (exact) mass is 1620 g/mol. The number of amides is 6. The summed E-state index contributed by atoms with van der Waals surface area (Å²) in [5.74, 6) is -0.507. The maximum atomic E-state index is 14.2. The number of halogens is 6. The van der Waals surface area contributed by atoms with E-state index in [9.17, 15) is 58.7 Å². The van der Waals surface area contributed by atoms with Crippen LogP contribution in [0.2, 0.25) is 0 Å². The molecule has 0 spiro atoms. The van der Waals surface area contributed by atoms with E-state index in [0.29, 0.717) is 62.1 Å². The molecule has 4 aliphatic rings. The molecular weight excluding hydrogens is 1510 g/mol. The first-order valence-electron chi connectivity index (χ1n) is 36.9. The lowest BCUT2D eigenvalue weighted by atomic mass is 9.88. The minimum Gasteiger partial charge on any atom is -0.444 e. The molecule has 0 aliphatic heterocycles. The molecule has 0 radical (unpaired) electrons. The van der Waals surface area contributed by atoms with Crippen LogP contribution in [0.15, 0.2) is 90.3 Å². The van der Waals surface area contributed by atoms with E-state index in [1.54, 1.807) is 107 Å². The Balaban J connectivity index is 0.000000300. The maximum Gasteiger partial charge on any atom is 0.408 e. The lowest BCUT2D eigenvalue weighted by molar-refractivity contribution is 0.0225. The average molecular weight is 1620 g/mol. The second-order valence-corrected chi connectivity index (χ2v) is 32.6. The Morgan fingerprint density at radius 3 is 1.39 bits per heavy atom. The van der Waals surface area contributed by atoms with E-state index in [-0.39, 0.29) is 47.2 Å². The minimum atomic E-state index is -4.67. The third kappa shape index (κ3) is 37.2. The highest BCUT2D eigenvalue weighted by Gasteiger charge is 2.39. The molecule has 0 bridgehead atoms. The van der Waals surface area contributed by atoms with Gasteiger partial charge in [-0.1, -0.05) is 36.4 Å². The van der Waals surface area contributed by atoms with Crippen LogP contribution in [0.1, 0.15) is 192 Å². The second-order valence-electron chi connectivity index (χ2n) is 31.3. The summed E-state index contributed by atoms with van der Waals surface area (Å²) >= 11 is -4.67. The Bertz CT molecular complexity index is 3790. The van der Waals surface area contributed by atoms with E-state index in [0.717, 1.165) is 54.6 Å². The van der Waals surface area contributed by atoms with Crippen LogP contribution >= 0.6 is 11.2 Å². The lowest BCUT2D eigenvalue weighted by Crippen LogP contribution is -2.59. The molecular formula is C75H115F6N19O12S. The third-order valence-corrected chi connectivity index (χ3v) is 16.5. The topological polar surface area (TPSA) is 483 Å². The van der Waals surface area contributed by atoms with E-state index in [2.05, 4.69) is 67.7 Å². The van der Waals surface area contributed by atoms with E-state index < -0.39 is 131 Å². The Labute approximate surface area is 658 Å². The molecule has 3 aromatic carbocycles. The summed E-state index contributed by atoms with van der Waals surface area (Å²) in [6.45, 7) is 25.0. The molecule has 0 unspecified atom stereocenters. The van der Waals surface area contributed by atoms with Crippen LogP contribution in [0.5, 0.6) is 6.01 Å². The van der Waals surface area contributed by atoms with Crippen LogP contribution in [-0.4, -0.2) is 163 Å². The van der Waals surface area contributed by atoms with Gasteiger partial charge in [-0.2, -0.15) is 15.1 Å². The van der Waals surface area contributed by atoms with Gasteiger partial charge in [0.2, 0.25) is 17.1 Å². The van der Waals surface area contributed by atoms with E-state index in [1.807, 2.05) is 62.4 Å². The molecule has 2 heterocycles. The molecule has 31 nitrogen and oxygen atoms in total. The first-order chi connectivity index (χ1) is 52.5. The lowest BCUT2D eigenvalue weighted by Gasteiger charge is -2.37. The molecule has 4 fully saturated rings. The van der Waals surface area contributed by atoms with Crippen molar-refractivity contribution in [3.05, 3.63) is 107 Å². The molecule has 38 heteroatoms. The van der Waals surface area contributed by atoms with Crippen LogP contribution in [0.4, 0.5) is 84.3 Å². The van der Waals surface area contributed by atoms with Gasteiger partial charge in [0.25, 0.3) is 11.8 Å². The van der Waals surface area contributed by atoms with Gasteiger partial charge in [0.05, 0.1) is 48.0 Å². The molecule has 4 saturated carbocycles. The summed E-state index contributed by atoms with van der Waals surface area (Å²) in [6.07, 6.45) is 4.37. The SMILES string of the molecule is CC(C)(C)OC(=O)N[C@H]1[C@@H](O)CCC[C@H]1NC(=O)OC(C)(C)C.CC(C)(C)OC(=O)N[C@H]1[C@H](F)CCC[C@H]1NC(=O)OC(C)(C)C.CS(F)(F)F.Cc1cccc(Nc2nc(N[C@@H]3CCC[C@@H](F)[C@@H]3N)ncc2C(N)=O)c1.Cc1cccc(Nc2nc(ONc3ccccc3N=N)ncc2C(N)=O)c1.N[C@@H]1[C@H](N)CCC[C@H]1F. The van der Waals surface area contributed by atoms with Gasteiger partial charge in [0.15, 0.2) is 5.82 Å². The number of benzene rings is 3. The van der Waals surface area contributed by atoms with E-state index in [4.69, 9.17) is 58.0 Å². The normalized spacial score (nSPS) is 22.2. The predicted molar refractivity (Wildman–Crippen MR) is 422 cm³/mol. The summed E-state index contributed by atoms with van der Waals surface area (Å²) in [4.78, 5) is 93.1. The number of aliphatic hydroxyl groups is 1. The summed E-state index contributed by atoms with van der Waals surface area (Å²) in [7, 11) is 0. The number of ether oxygens (including phenoxy) is 4. The van der Waals surface area contributed by atoms with Crippen LogP contribution in [-0.2, 0) is 18.9 Å². The zero-order valence-corrected chi connectivity index (χ0v) is 67.5. The Kier molecular flexibility index (Phi) is 37.2. The summed E-state index contributed by atoms with van der Waals surface area (Å²) in [5.41, 5.74) is 39.8. The molecule has 9 rings (SSSR count). The zero-order chi connectivity index (χ0) is 84.9. The smallest absolute Gasteiger partial charge is 0.408 e. The highest BCUT2D eigenvalue weighted by Crippen LogP contribution is 2.48. The molecule has 0 saturated heterocycles. The Hall–Kier alpha value is -9.79. The number of hydrogen-bond donors (Lipinski definition) is 15. The number of hydrogen-bond acceptors (Lipinski definition) is 25. The van der Waals surface area contributed by atoms with Crippen molar-refractivity contribution >= 4 is 87.7 Å². The molecule has 4 aliphatic carbocycles. The number of nitrogens with two attached hydrogens (primary N) is 5. The van der Waals surface area contributed by atoms with Gasteiger partial charge in [-0.15, -0.1) is 11.7 Å². The van der Waals surface area contributed by atoms with Crippen molar-refractivity contribution in [3.8, 4) is 6.01 Å². The van der Waals surface area contributed by atoms with Crippen LogP contribution in [0, 0.1) is 19.4 Å². The summed E-state index contributed by atoms with van der Waals surface area (Å²) in [5, 5.41) is 33.4. The largest absolute Gasteiger partial charge is 0.444 e. The highest BCUT2D eigenvalue weighted by atomic mass is 32.3. The van der Waals surface area contributed by atoms with Gasteiger partial charge in [-0.25, -0.2) is 53.3 Å². The second kappa shape index (κ2) is 44.0. The van der Waals surface area contributed by atoms with E-state index >= 15 is 0 Å². The minimum absolute atomic E-state index is 0.0325. The maximum absolute atomic E-state index is 14.2. The fourth-order valence-electron chi connectivity index (χ4n) is 11.4. The van der Waals surface area contributed by atoms with Crippen molar-refractivity contribution < 1.29 is 82.5 Å².